The van der Waals surface area contributed by atoms with Gasteiger partial charge in [-0.15, -0.1) is 11.3 Å². The van der Waals surface area contributed by atoms with E-state index in [9.17, 15) is 0 Å². The monoisotopic (exact) mass is 304 g/mol. The zero-order valence-electron chi connectivity index (χ0n) is 12.2. The molecule has 0 radical (unpaired) electrons. The topological polar surface area (TPSA) is 24.9 Å². The van der Waals surface area contributed by atoms with E-state index < -0.39 is 0 Å². The van der Waals surface area contributed by atoms with Crippen molar-refractivity contribution >= 4 is 23.1 Å². The van der Waals surface area contributed by atoms with E-state index in [1.165, 1.54) is 33.0 Å². The second kappa shape index (κ2) is 5.88. The van der Waals surface area contributed by atoms with Gasteiger partial charge in [-0.3, -0.25) is 0 Å². The van der Waals surface area contributed by atoms with Crippen LogP contribution < -0.4 is 5.32 Å². The van der Waals surface area contributed by atoms with Crippen LogP contribution in [0, 0.1) is 20.8 Å². The summed E-state index contributed by atoms with van der Waals surface area (Å²) in [7, 11) is 0. The molecule has 0 aliphatic carbocycles. The van der Waals surface area contributed by atoms with Gasteiger partial charge < -0.3 is 5.32 Å². The standard InChI is InChI=1S/C16H20N2S2/c1-10-6-11(2)15(12(3)7-10)13-9-20-16(18-13)14-8-19-5-4-17-14/h6-7,9,14,17H,4-5,8H2,1-3H3. The summed E-state index contributed by atoms with van der Waals surface area (Å²) in [6.45, 7) is 7.61. The Morgan fingerprint density at radius 2 is 1.95 bits per heavy atom. The SMILES string of the molecule is Cc1cc(C)c(-c2csc(C3CSCCN3)n2)c(C)c1. The Morgan fingerprint density at radius 1 is 1.20 bits per heavy atom. The Kier molecular flexibility index (Phi) is 4.15. The van der Waals surface area contributed by atoms with E-state index in [-0.39, 0.29) is 0 Å². The molecule has 3 rings (SSSR count). The van der Waals surface area contributed by atoms with Gasteiger partial charge in [-0.25, -0.2) is 4.98 Å². The third-order valence-corrected chi connectivity index (χ3v) is 5.70. The molecule has 2 nitrogen and oxygen atoms in total. The summed E-state index contributed by atoms with van der Waals surface area (Å²) in [6, 6.07) is 4.92. The fourth-order valence-electron chi connectivity index (χ4n) is 2.87. The zero-order chi connectivity index (χ0) is 14.1. The van der Waals surface area contributed by atoms with Gasteiger partial charge >= 0.3 is 0 Å². The molecule has 0 spiro atoms. The third-order valence-electron chi connectivity index (χ3n) is 3.67. The van der Waals surface area contributed by atoms with Crippen molar-refractivity contribution < 1.29 is 0 Å². The molecule has 4 heteroatoms. The number of thioether (sulfide) groups is 1. The average Bonchev–Trinajstić information content (AvgIpc) is 2.88. The van der Waals surface area contributed by atoms with Gasteiger partial charge in [0.15, 0.2) is 0 Å². The van der Waals surface area contributed by atoms with E-state index in [2.05, 4.69) is 43.6 Å². The number of aromatic nitrogens is 1. The average molecular weight is 304 g/mol. The molecule has 1 atom stereocenters. The molecule has 1 aliphatic heterocycles. The molecule has 2 heterocycles. The van der Waals surface area contributed by atoms with Crippen LogP contribution in [0.4, 0.5) is 0 Å². The van der Waals surface area contributed by atoms with Crippen molar-refractivity contribution in [2.24, 2.45) is 0 Å². The van der Waals surface area contributed by atoms with Gasteiger partial charge in [-0.2, -0.15) is 11.8 Å². The minimum atomic E-state index is 0.429. The largest absolute Gasteiger partial charge is 0.306 e. The first kappa shape index (κ1) is 14.1. The first-order valence-corrected chi connectivity index (χ1v) is 9.03. The first-order chi connectivity index (χ1) is 9.65. The highest BCUT2D eigenvalue weighted by Gasteiger charge is 2.19. The van der Waals surface area contributed by atoms with Crippen molar-refractivity contribution in [1.82, 2.24) is 10.3 Å². The molecule has 1 N–H and O–H groups in total. The molecule has 1 aromatic carbocycles. The van der Waals surface area contributed by atoms with Gasteiger partial charge in [0, 0.05) is 29.0 Å². The summed E-state index contributed by atoms with van der Waals surface area (Å²) < 4.78 is 0. The van der Waals surface area contributed by atoms with Crippen LogP contribution in [-0.4, -0.2) is 23.0 Å². The maximum absolute atomic E-state index is 4.90. The maximum atomic E-state index is 4.90. The summed E-state index contributed by atoms with van der Waals surface area (Å²) in [4.78, 5) is 4.90. The Hall–Kier alpha value is -0.840. The van der Waals surface area contributed by atoms with Crippen LogP contribution >= 0.6 is 23.1 Å². The minimum Gasteiger partial charge on any atom is -0.306 e. The van der Waals surface area contributed by atoms with Crippen LogP contribution in [0.2, 0.25) is 0 Å². The molecule has 2 aromatic rings. The highest BCUT2D eigenvalue weighted by atomic mass is 32.2. The van der Waals surface area contributed by atoms with Gasteiger partial charge in [-0.1, -0.05) is 17.7 Å². The molecule has 1 aromatic heterocycles. The summed E-state index contributed by atoms with van der Waals surface area (Å²) >= 11 is 3.80. The molecule has 20 heavy (non-hydrogen) atoms. The molecule has 1 saturated heterocycles. The lowest BCUT2D eigenvalue weighted by molar-refractivity contribution is 0.592. The van der Waals surface area contributed by atoms with Crippen LogP contribution in [0.1, 0.15) is 27.7 Å². The molecule has 0 saturated carbocycles. The number of hydrogen-bond donors (Lipinski definition) is 1. The lowest BCUT2D eigenvalue weighted by atomic mass is 9.98. The molecule has 106 valence electrons. The third kappa shape index (κ3) is 2.78. The Balaban J connectivity index is 1.94. The number of thiazole rings is 1. The van der Waals surface area contributed by atoms with Crippen LogP contribution in [0.3, 0.4) is 0 Å². The van der Waals surface area contributed by atoms with E-state index in [1.807, 2.05) is 11.8 Å². The Bertz CT molecular complexity index is 590. The van der Waals surface area contributed by atoms with Crippen molar-refractivity contribution in [1.29, 1.82) is 0 Å². The molecule has 1 aliphatic rings. The van der Waals surface area contributed by atoms with Gasteiger partial charge in [0.2, 0.25) is 0 Å². The molecule has 0 bridgehead atoms. The Morgan fingerprint density at radius 3 is 2.60 bits per heavy atom. The fraction of sp³-hybridized carbons (Fsp3) is 0.438. The van der Waals surface area contributed by atoms with Gasteiger partial charge in [0.05, 0.1) is 11.7 Å². The van der Waals surface area contributed by atoms with E-state index >= 15 is 0 Å². The van der Waals surface area contributed by atoms with Crippen molar-refractivity contribution in [2.75, 3.05) is 18.1 Å². The van der Waals surface area contributed by atoms with Crippen molar-refractivity contribution in [3.05, 3.63) is 39.2 Å². The van der Waals surface area contributed by atoms with Crippen molar-refractivity contribution in [2.45, 2.75) is 26.8 Å². The van der Waals surface area contributed by atoms with E-state index in [0.29, 0.717) is 6.04 Å². The lowest BCUT2D eigenvalue weighted by Gasteiger charge is -2.20. The summed E-state index contributed by atoms with van der Waals surface area (Å²) in [5.41, 5.74) is 6.42. The van der Waals surface area contributed by atoms with Crippen LogP contribution in [-0.2, 0) is 0 Å². The molecule has 0 amide bonds. The quantitative estimate of drug-likeness (QED) is 0.903. The predicted octanol–water partition coefficient (Wildman–Crippen LogP) is 4.11. The van der Waals surface area contributed by atoms with E-state index in [4.69, 9.17) is 4.98 Å². The number of nitrogens with one attached hydrogen (secondary N) is 1. The number of hydrogen-bond acceptors (Lipinski definition) is 4. The fourth-order valence-corrected chi connectivity index (χ4v) is 4.80. The van der Waals surface area contributed by atoms with Gasteiger partial charge in [0.25, 0.3) is 0 Å². The number of rotatable bonds is 2. The lowest BCUT2D eigenvalue weighted by Crippen LogP contribution is -2.30. The highest BCUT2D eigenvalue weighted by molar-refractivity contribution is 7.99. The first-order valence-electron chi connectivity index (χ1n) is 7.00. The zero-order valence-corrected chi connectivity index (χ0v) is 13.8. The molecule has 1 fully saturated rings. The van der Waals surface area contributed by atoms with Gasteiger partial charge in [0.1, 0.15) is 5.01 Å². The van der Waals surface area contributed by atoms with Crippen LogP contribution in [0.15, 0.2) is 17.5 Å². The smallest absolute Gasteiger partial charge is 0.111 e. The van der Waals surface area contributed by atoms with Crippen molar-refractivity contribution in [3.63, 3.8) is 0 Å². The van der Waals surface area contributed by atoms with Gasteiger partial charge in [-0.05, 0) is 31.9 Å². The highest BCUT2D eigenvalue weighted by Crippen LogP contribution is 2.32. The summed E-state index contributed by atoms with van der Waals surface area (Å²) in [6.07, 6.45) is 0. The maximum Gasteiger partial charge on any atom is 0.111 e. The van der Waals surface area contributed by atoms with E-state index in [1.54, 1.807) is 11.3 Å². The Labute approximate surface area is 129 Å². The summed E-state index contributed by atoms with van der Waals surface area (Å²) in [5, 5.41) is 7.00. The molecular formula is C16H20N2S2. The second-order valence-corrected chi connectivity index (χ2v) is 7.47. The second-order valence-electron chi connectivity index (χ2n) is 5.43. The van der Waals surface area contributed by atoms with Crippen LogP contribution in [0.5, 0.6) is 0 Å². The summed E-state index contributed by atoms with van der Waals surface area (Å²) in [5.74, 6) is 2.35. The minimum absolute atomic E-state index is 0.429. The number of aryl methyl sites for hydroxylation is 3. The van der Waals surface area contributed by atoms with Crippen LogP contribution in [0.25, 0.3) is 11.3 Å². The normalized spacial score (nSPS) is 19.2. The van der Waals surface area contributed by atoms with E-state index in [0.717, 1.165) is 18.0 Å². The molecule has 1 unspecified atom stereocenters. The molecular weight excluding hydrogens is 284 g/mol. The number of benzene rings is 1. The predicted molar refractivity (Wildman–Crippen MR) is 89.8 cm³/mol. The number of nitrogens with zero attached hydrogens (tertiary/aromatic N) is 1. The van der Waals surface area contributed by atoms with Crippen molar-refractivity contribution in [3.8, 4) is 11.3 Å².